The normalized spacial score (nSPS) is 11.6. The molecule has 0 radical (unpaired) electrons. The lowest BCUT2D eigenvalue weighted by atomic mass is 10.4. The van der Waals surface area contributed by atoms with E-state index in [0.29, 0.717) is 17.0 Å². The van der Waals surface area contributed by atoms with E-state index in [1.54, 1.807) is 25.0 Å². The molecule has 4 aromatic heterocycles. The molecular formula is C12H11FN10. The van der Waals surface area contributed by atoms with Crippen LogP contribution in [0, 0.1) is 6.08 Å². The van der Waals surface area contributed by atoms with Crippen LogP contribution in [0.15, 0.2) is 6.33 Å². The van der Waals surface area contributed by atoms with Gasteiger partial charge in [0.05, 0.1) is 6.33 Å². The summed E-state index contributed by atoms with van der Waals surface area (Å²) in [6, 6.07) is 0. The first-order valence-electron chi connectivity index (χ1n) is 6.56. The summed E-state index contributed by atoms with van der Waals surface area (Å²) in [4.78, 5) is 24.3. The second-order valence-electron chi connectivity index (χ2n) is 5.00. The number of nitrogens with zero attached hydrogens (tertiary/aromatic N) is 8. The van der Waals surface area contributed by atoms with E-state index in [2.05, 4.69) is 29.9 Å². The average Bonchev–Trinajstić information content (AvgIpc) is 3.02. The molecular weight excluding hydrogens is 303 g/mol. The van der Waals surface area contributed by atoms with Gasteiger partial charge in [-0.3, -0.25) is 0 Å². The van der Waals surface area contributed by atoms with Gasteiger partial charge in [-0.15, -0.1) is 0 Å². The summed E-state index contributed by atoms with van der Waals surface area (Å²) in [6.45, 7) is 0. The molecule has 11 heteroatoms. The van der Waals surface area contributed by atoms with Gasteiger partial charge in [0.15, 0.2) is 40.1 Å². The Morgan fingerprint density at radius 3 is 2.43 bits per heavy atom. The fraction of sp³-hybridized carbons (Fsp3) is 0.167. The van der Waals surface area contributed by atoms with E-state index in [1.165, 1.54) is 4.57 Å². The van der Waals surface area contributed by atoms with Crippen LogP contribution in [0.25, 0.3) is 34.0 Å². The Bertz CT molecular complexity index is 1080. The highest BCUT2D eigenvalue weighted by atomic mass is 19.1. The highest BCUT2D eigenvalue weighted by molar-refractivity contribution is 5.86. The zero-order valence-electron chi connectivity index (χ0n) is 12.2. The number of anilines is 2. The molecule has 0 saturated carbocycles. The van der Waals surface area contributed by atoms with Crippen molar-refractivity contribution in [3.05, 3.63) is 12.4 Å². The largest absolute Gasteiger partial charge is 0.382 e. The monoisotopic (exact) mass is 314 g/mol. The smallest absolute Gasteiger partial charge is 0.312 e. The molecule has 0 amide bonds. The number of hydrogen-bond acceptors (Lipinski definition) is 8. The zero-order chi connectivity index (χ0) is 16.3. The third-order valence-electron chi connectivity index (χ3n) is 3.51. The average molecular weight is 314 g/mol. The highest BCUT2D eigenvalue weighted by Crippen LogP contribution is 2.25. The minimum Gasteiger partial charge on any atom is -0.382 e. The number of aromatic nitrogens is 8. The molecule has 4 aromatic rings. The number of imidazole rings is 2. The van der Waals surface area contributed by atoms with Gasteiger partial charge >= 0.3 is 6.08 Å². The van der Waals surface area contributed by atoms with Gasteiger partial charge in [-0.05, 0) is 0 Å². The number of fused-ring (bicyclic) bond motifs is 2. The van der Waals surface area contributed by atoms with Crippen LogP contribution in [-0.4, -0.2) is 39.0 Å². The molecule has 0 aromatic carbocycles. The van der Waals surface area contributed by atoms with Gasteiger partial charge in [-0.25, -0.2) is 19.9 Å². The van der Waals surface area contributed by atoms with Crippen molar-refractivity contribution in [3.63, 3.8) is 0 Å². The standard InChI is InChI=1S/C12H11FN10/c1-22-3-16-4-6(14)18-8(20-9(4)22)11-17-5-7(15)19-12(13)21-10(5)23(11)2/h3H,1-2H3,(H2,14,18,20)(H2,15,19,21). The van der Waals surface area contributed by atoms with Crippen LogP contribution in [0.5, 0.6) is 0 Å². The predicted octanol–water partition coefficient (Wildman–Crippen LogP) is 0.0105. The van der Waals surface area contributed by atoms with Crippen LogP contribution in [0.4, 0.5) is 16.0 Å². The molecule has 4 N–H and O–H groups in total. The molecule has 0 aliphatic rings. The number of nitrogen functional groups attached to an aromatic ring is 2. The maximum atomic E-state index is 13.4. The van der Waals surface area contributed by atoms with E-state index in [9.17, 15) is 4.39 Å². The van der Waals surface area contributed by atoms with Crippen molar-refractivity contribution in [2.75, 3.05) is 11.5 Å². The molecule has 0 unspecified atom stereocenters. The second kappa shape index (κ2) is 4.32. The molecule has 10 nitrogen and oxygen atoms in total. The van der Waals surface area contributed by atoms with E-state index in [1.807, 2.05) is 0 Å². The minimum atomic E-state index is -0.924. The summed E-state index contributed by atoms with van der Waals surface area (Å²) in [5.41, 5.74) is 13.2. The van der Waals surface area contributed by atoms with Gasteiger partial charge in [0.1, 0.15) is 5.52 Å². The molecule has 116 valence electrons. The van der Waals surface area contributed by atoms with Crippen molar-refractivity contribution < 1.29 is 4.39 Å². The zero-order valence-corrected chi connectivity index (χ0v) is 12.2. The van der Waals surface area contributed by atoms with Gasteiger partial charge in [-0.1, -0.05) is 0 Å². The summed E-state index contributed by atoms with van der Waals surface area (Å²) in [5.74, 6) is 0.784. The van der Waals surface area contributed by atoms with Crippen molar-refractivity contribution in [2.45, 2.75) is 0 Å². The van der Waals surface area contributed by atoms with Gasteiger partial charge in [0.25, 0.3) is 0 Å². The van der Waals surface area contributed by atoms with Crippen molar-refractivity contribution >= 4 is 34.0 Å². The Hall–Kier alpha value is -3.37. The topological polar surface area (TPSA) is 139 Å². The number of halogens is 1. The molecule has 4 heterocycles. The molecule has 0 fully saturated rings. The van der Waals surface area contributed by atoms with Crippen LogP contribution in [0.1, 0.15) is 0 Å². The van der Waals surface area contributed by atoms with E-state index in [0.717, 1.165) is 0 Å². The van der Waals surface area contributed by atoms with Crippen LogP contribution in [0.2, 0.25) is 0 Å². The lowest BCUT2D eigenvalue weighted by Crippen LogP contribution is -2.03. The molecule has 0 atom stereocenters. The van der Waals surface area contributed by atoms with Crippen LogP contribution < -0.4 is 11.5 Å². The van der Waals surface area contributed by atoms with Gasteiger partial charge < -0.3 is 20.6 Å². The molecule has 0 spiro atoms. The Morgan fingerprint density at radius 1 is 0.913 bits per heavy atom. The Kier molecular flexibility index (Phi) is 2.50. The lowest BCUT2D eigenvalue weighted by molar-refractivity contribution is 0.544. The summed E-state index contributed by atoms with van der Waals surface area (Å²) < 4.78 is 16.6. The first kappa shape index (κ1) is 13.3. The minimum absolute atomic E-state index is 0.0519. The van der Waals surface area contributed by atoms with Crippen molar-refractivity contribution in [1.82, 2.24) is 39.0 Å². The van der Waals surface area contributed by atoms with Gasteiger partial charge in [0, 0.05) is 14.1 Å². The molecule has 23 heavy (non-hydrogen) atoms. The fourth-order valence-corrected chi connectivity index (χ4v) is 2.38. The molecule has 0 bridgehead atoms. The van der Waals surface area contributed by atoms with Crippen molar-refractivity contribution in [2.24, 2.45) is 14.1 Å². The summed E-state index contributed by atoms with van der Waals surface area (Å²) in [6.07, 6.45) is 0.667. The molecule has 0 aliphatic carbocycles. The quantitative estimate of drug-likeness (QED) is 0.468. The Morgan fingerprint density at radius 2 is 1.65 bits per heavy atom. The number of nitrogens with two attached hydrogens (primary N) is 2. The summed E-state index contributed by atoms with van der Waals surface area (Å²) >= 11 is 0. The van der Waals surface area contributed by atoms with Gasteiger partial charge in [0.2, 0.25) is 0 Å². The summed E-state index contributed by atoms with van der Waals surface area (Å²) in [7, 11) is 3.45. The number of rotatable bonds is 1. The fourth-order valence-electron chi connectivity index (χ4n) is 2.38. The SMILES string of the molecule is Cn1cnc2c(N)nc(-c3nc4c(N)nc(F)nc4n3C)nc21. The van der Waals surface area contributed by atoms with E-state index in [-0.39, 0.29) is 28.6 Å². The number of hydrogen-bond donors (Lipinski definition) is 2. The van der Waals surface area contributed by atoms with E-state index < -0.39 is 6.08 Å². The van der Waals surface area contributed by atoms with Gasteiger partial charge in [-0.2, -0.15) is 14.4 Å². The highest BCUT2D eigenvalue weighted by Gasteiger charge is 2.19. The second-order valence-corrected chi connectivity index (χ2v) is 5.00. The molecule has 4 rings (SSSR count). The maximum Gasteiger partial charge on any atom is 0.312 e. The Balaban J connectivity index is 2.04. The number of aryl methyl sites for hydroxylation is 2. The van der Waals surface area contributed by atoms with Crippen LogP contribution in [-0.2, 0) is 14.1 Å². The van der Waals surface area contributed by atoms with Crippen LogP contribution in [0.3, 0.4) is 0 Å². The first-order valence-corrected chi connectivity index (χ1v) is 6.56. The van der Waals surface area contributed by atoms with Crippen LogP contribution >= 0.6 is 0 Å². The van der Waals surface area contributed by atoms with E-state index >= 15 is 0 Å². The van der Waals surface area contributed by atoms with Crippen molar-refractivity contribution in [1.29, 1.82) is 0 Å². The van der Waals surface area contributed by atoms with Crippen molar-refractivity contribution in [3.8, 4) is 11.6 Å². The molecule has 0 aliphatic heterocycles. The van der Waals surface area contributed by atoms with E-state index in [4.69, 9.17) is 11.5 Å². The third kappa shape index (κ3) is 1.79. The maximum absolute atomic E-state index is 13.4. The lowest BCUT2D eigenvalue weighted by Gasteiger charge is -2.03. The third-order valence-corrected chi connectivity index (χ3v) is 3.51. The first-order chi connectivity index (χ1) is 11.0. The summed E-state index contributed by atoms with van der Waals surface area (Å²) in [5, 5.41) is 0. The predicted molar refractivity (Wildman–Crippen MR) is 80.4 cm³/mol. The Labute approximate surface area is 128 Å². The molecule has 0 saturated heterocycles.